The molecule has 0 atom stereocenters. The highest BCUT2D eigenvalue weighted by Gasteiger charge is 2.14. The molecule has 166 valence electrons. The number of hydrogen-bond donors (Lipinski definition) is 1. The van der Waals surface area contributed by atoms with Crippen molar-refractivity contribution >= 4 is 17.7 Å². The van der Waals surface area contributed by atoms with E-state index >= 15 is 0 Å². The molecule has 0 unspecified atom stereocenters. The topological polar surface area (TPSA) is 77.2 Å². The van der Waals surface area contributed by atoms with Gasteiger partial charge in [0, 0.05) is 24.8 Å². The lowest BCUT2D eigenvalue weighted by atomic mass is 10.0. The summed E-state index contributed by atoms with van der Waals surface area (Å²) in [6.07, 6.45) is 0.960. The molecule has 1 aromatic heterocycles. The molecule has 0 radical (unpaired) electrons. The lowest BCUT2D eigenvalue weighted by Crippen LogP contribution is -2.23. The van der Waals surface area contributed by atoms with Crippen molar-refractivity contribution in [2.45, 2.75) is 30.5 Å². The third kappa shape index (κ3) is 4.93. The van der Waals surface area contributed by atoms with Crippen LogP contribution in [0.15, 0.2) is 76.1 Å². The highest BCUT2D eigenvalue weighted by Crippen LogP contribution is 2.30. The lowest BCUT2D eigenvalue weighted by molar-refractivity contribution is 0.0948. The summed E-state index contributed by atoms with van der Waals surface area (Å²) in [5, 5.41) is 6.95. The highest BCUT2D eigenvalue weighted by molar-refractivity contribution is 7.98. The number of aromatic nitrogens is 2. The Labute approximate surface area is 196 Å². The van der Waals surface area contributed by atoms with Crippen molar-refractivity contribution in [2.75, 3.05) is 6.61 Å². The van der Waals surface area contributed by atoms with E-state index in [1.54, 1.807) is 6.92 Å². The van der Waals surface area contributed by atoms with Crippen LogP contribution in [0.5, 0.6) is 5.75 Å². The van der Waals surface area contributed by atoms with E-state index in [9.17, 15) is 4.79 Å². The van der Waals surface area contributed by atoms with Crippen LogP contribution in [0, 0.1) is 6.92 Å². The molecule has 2 heterocycles. The number of fused-ring (bicyclic) bond motifs is 1. The number of rotatable bonds is 7. The van der Waals surface area contributed by atoms with Gasteiger partial charge in [0.05, 0.1) is 17.9 Å². The summed E-state index contributed by atoms with van der Waals surface area (Å²) in [6, 6.07) is 22.2. The fraction of sp³-hybridized carbons (Fsp3) is 0.192. The van der Waals surface area contributed by atoms with Gasteiger partial charge in [-0.05, 0) is 46.5 Å². The first-order valence-electron chi connectivity index (χ1n) is 10.8. The van der Waals surface area contributed by atoms with Gasteiger partial charge in [0.1, 0.15) is 5.75 Å². The second kappa shape index (κ2) is 9.50. The van der Waals surface area contributed by atoms with Crippen molar-refractivity contribution < 1.29 is 14.1 Å². The van der Waals surface area contributed by atoms with Gasteiger partial charge in [0.15, 0.2) is 5.82 Å². The molecule has 0 saturated carbocycles. The number of aryl methyl sites for hydroxylation is 1. The smallest absolute Gasteiger partial charge is 0.252 e. The Bertz CT molecular complexity index is 1280. The Balaban J connectivity index is 1.21. The Kier molecular flexibility index (Phi) is 6.13. The first kappa shape index (κ1) is 21.3. The minimum Gasteiger partial charge on any atom is -0.493 e. The van der Waals surface area contributed by atoms with E-state index in [0.717, 1.165) is 34.8 Å². The molecule has 1 aliphatic rings. The summed E-state index contributed by atoms with van der Waals surface area (Å²) >= 11 is 1.52. The molecule has 0 fully saturated rings. The van der Waals surface area contributed by atoms with E-state index in [4.69, 9.17) is 9.26 Å². The minimum absolute atomic E-state index is 0.106. The number of amides is 1. The fourth-order valence-corrected chi connectivity index (χ4v) is 4.67. The van der Waals surface area contributed by atoms with Crippen molar-refractivity contribution in [1.29, 1.82) is 0 Å². The Hall–Kier alpha value is -3.58. The van der Waals surface area contributed by atoms with Crippen molar-refractivity contribution in [2.24, 2.45) is 0 Å². The van der Waals surface area contributed by atoms with Gasteiger partial charge < -0.3 is 14.6 Å². The zero-order chi connectivity index (χ0) is 22.6. The Morgan fingerprint density at radius 3 is 2.70 bits per heavy atom. The van der Waals surface area contributed by atoms with Crippen molar-refractivity contribution in [3.05, 3.63) is 95.1 Å². The zero-order valence-electron chi connectivity index (χ0n) is 18.2. The van der Waals surface area contributed by atoms with E-state index in [1.807, 2.05) is 30.3 Å². The zero-order valence-corrected chi connectivity index (χ0v) is 19.0. The third-order valence-corrected chi connectivity index (χ3v) is 6.56. The molecule has 3 aromatic carbocycles. The van der Waals surface area contributed by atoms with Gasteiger partial charge in [-0.15, -0.1) is 11.8 Å². The summed E-state index contributed by atoms with van der Waals surface area (Å²) in [6.45, 7) is 2.98. The molecule has 0 spiro atoms. The lowest BCUT2D eigenvalue weighted by Gasteiger charge is -2.10. The average molecular weight is 458 g/mol. The molecule has 1 N–H and O–H groups in total. The first-order chi connectivity index (χ1) is 16.2. The van der Waals surface area contributed by atoms with E-state index < -0.39 is 0 Å². The Morgan fingerprint density at radius 1 is 1.06 bits per heavy atom. The SMILES string of the molecule is Cc1nc(CSc2ccccc2C(=O)NCc2ccc(-c3ccc4c(c3)CCO4)cc2)no1. The van der Waals surface area contributed by atoms with Crippen LogP contribution in [0.3, 0.4) is 0 Å². The van der Waals surface area contributed by atoms with E-state index in [0.29, 0.717) is 29.6 Å². The third-order valence-electron chi connectivity index (χ3n) is 5.49. The molecule has 0 aliphatic carbocycles. The second-order valence-electron chi connectivity index (χ2n) is 7.82. The molecule has 1 amide bonds. The van der Waals surface area contributed by atoms with Crippen LogP contribution in [0.25, 0.3) is 11.1 Å². The van der Waals surface area contributed by atoms with Crippen molar-refractivity contribution in [3.63, 3.8) is 0 Å². The van der Waals surface area contributed by atoms with Gasteiger partial charge in [-0.3, -0.25) is 4.79 Å². The second-order valence-corrected chi connectivity index (χ2v) is 8.83. The number of nitrogens with one attached hydrogen (secondary N) is 1. The van der Waals surface area contributed by atoms with Gasteiger partial charge in [0.25, 0.3) is 5.91 Å². The number of carbonyl (C=O) groups is 1. The molecular weight excluding hydrogens is 434 g/mol. The van der Waals surface area contributed by atoms with Gasteiger partial charge in [-0.1, -0.05) is 47.6 Å². The van der Waals surface area contributed by atoms with Crippen molar-refractivity contribution in [3.8, 4) is 16.9 Å². The molecule has 33 heavy (non-hydrogen) atoms. The van der Waals surface area contributed by atoms with Crippen LogP contribution in [0.2, 0.25) is 0 Å². The first-order valence-corrected chi connectivity index (χ1v) is 11.8. The summed E-state index contributed by atoms with van der Waals surface area (Å²) in [4.78, 5) is 18.0. The molecule has 0 bridgehead atoms. The number of thioether (sulfide) groups is 1. The van der Waals surface area contributed by atoms with E-state index in [-0.39, 0.29) is 5.91 Å². The van der Waals surface area contributed by atoms with Crippen LogP contribution >= 0.6 is 11.8 Å². The summed E-state index contributed by atoms with van der Waals surface area (Å²) < 4.78 is 10.6. The van der Waals surface area contributed by atoms with Crippen molar-refractivity contribution in [1.82, 2.24) is 15.5 Å². The minimum atomic E-state index is -0.106. The summed E-state index contributed by atoms with van der Waals surface area (Å²) in [5.74, 6) is 2.57. The van der Waals surface area contributed by atoms with E-state index in [2.05, 4.69) is 51.9 Å². The van der Waals surface area contributed by atoms with Crippen LogP contribution in [0.1, 0.15) is 33.2 Å². The molecule has 7 heteroatoms. The summed E-state index contributed by atoms with van der Waals surface area (Å²) in [7, 11) is 0. The standard InChI is InChI=1S/C26H23N3O3S/c1-17-28-25(29-32-17)16-33-24-5-3-2-4-22(24)26(30)27-15-18-6-8-19(9-7-18)20-10-11-23-21(14-20)12-13-31-23/h2-11,14H,12-13,15-16H2,1H3,(H,27,30). The normalized spacial score (nSPS) is 12.3. The molecule has 5 rings (SSSR count). The summed E-state index contributed by atoms with van der Waals surface area (Å²) in [5.41, 5.74) is 5.27. The van der Waals surface area contributed by atoms with Gasteiger partial charge >= 0.3 is 0 Å². The predicted molar refractivity (Wildman–Crippen MR) is 127 cm³/mol. The monoisotopic (exact) mass is 457 g/mol. The molecule has 0 saturated heterocycles. The largest absolute Gasteiger partial charge is 0.493 e. The quantitative estimate of drug-likeness (QED) is 0.384. The number of benzene rings is 3. The van der Waals surface area contributed by atoms with Crippen LogP contribution < -0.4 is 10.1 Å². The molecule has 4 aromatic rings. The van der Waals surface area contributed by atoms with Crippen LogP contribution in [-0.2, 0) is 18.7 Å². The number of ether oxygens (including phenoxy) is 1. The number of carbonyl (C=O) groups excluding carboxylic acids is 1. The van der Waals surface area contributed by atoms with Gasteiger partial charge in [-0.25, -0.2) is 0 Å². The Morgan fingerprint density at radius 2 is 1.88 bits per heavy atom. The maximum Gasteiger partial charge on any atom is 0.252 e. The van der Waals surface area contributed by atoms with Gasteiger partial charge in [0.2, 0.25) is 5.89 Å². The maximum atomic E-state index is 12.9. The average Bonchev–Trinajstić information content (AvgIpc) is 3.50. The van der Waals surface area contributed by atoms with Gasteiger partial charge in [-0.2, -0.15) is 4.98 Å². The highest BCUT2D eigenvalue weighted by atomic mass is 32.2. The number of nitrogens with zero attached hydrogens (tertiary/aromatic N) is 2. The predicted octanol–water partition coefficient (Wildman–Crippen LogP) is 5.20. The van der Waals surface area contributed by atoms with Crippen LogP contribution in [-0.4, -0.2) is 22.7 Å². The molecule has 1 aliphatic heterocycles. The molecular formula is C26H23N3O3S. The van der Waals surface area contributed by atoms with E-state index in [1.165, 1.54) is 22.9 Å². The van der Waals surface area contributed by atoms with Crippen LogP contribution in [0.4, 0.5) is 0 Å². The fourth-order valence-electron chi connectivity index (χ4n) is 3.78. The number of hydrogen-bond acceptors (Lipinski definition) is 6. The molecule has 6 nitrogen and oxygen atoms in total. The maximum absolute atomic E-state index is 12.9.